The lowest BCUT2D eigenvalue weighted by Crippen LogP contribution is -2.45. The molecule has 1 N–H and O–H groups in total. The zero-order valence-corrected chi connectivity index (χ0v) is 13.7. The largest absolute Gasteiger partial charge is 0.573 e. The third kappa shape index (κ3) is 4.50. The van der Waals surface area contributed by atoms with Crippen molar-refractivity contribution >= 4 is 0 Å². The van der Waals surface area contributed by atoms with Crippen LogP contribution in [0.25, 0.3) is 0 Å². The Kier molecular flexibility index (Phi) is 5.43. The zero-order chi connectivity index (χ0) is 18.7. The molecule has 0 unspecified atom stereocenters. The van der Waals surface area contributed by atoms with E-state index in [-0.39, 0.29) is 5.75 Å². The van der Waals surface area contributed by atoms with Crippen LogP contribution in [0.1, 0.15) is 17.2 Å². The normalized spacial score (nSPS) is 17.1. The van der Waals surface area contributed by atoms with Gasteiger partial charge >= 0.3 is 6.36 Å². The summed E-state index contributed by atoms with van der Waals surface area (Å²) in [6.07, 6.45) is -4.76. The smallest absolute Gasteiger partial charge is 0.406 e. The number of hydrogen-bond donors (Lipinski definition) is 1. The minimum atomic E-state index is -4.76. The van der Waals surface area contributed by atoms with Crippen molar-refractivity contribution in [1.29, 1.82) is 0 Å². The number of rotatable bonds is 4. The van der Waals surface area contributed by atoms with E-state index in [2.05, 4.69) is 15.0 Å². The molecule has 1 aliphatic rings. The van der Waals surface area contributed by atoms with Crippen LogP contribution in [0.5, 0.6) is 5.75 Å². The fourth-order valence-corrected chi connectivity index (χ4v) is 3.09. The molecule has 2 aromatic carbocycles. The van der Waals surface area contributed by atoms with Crippen LogP contribution >= 0.6 is 0 Å². The van der Waals surface area contributed by atoms with E-state index in [1.165, 1.54) is 30.3 Å². The van der Waals surface area contributed by atoms with Crippen LogP contribution in [0.15, 0.2) is 42.5 Å². The number of halogens is 5. The van der Waals surface area contributed by atoms with Gasteiger partial charge in [-0.05, 0) is 35.4 Å². The number of nitrogens with one attached hydrogen (secondary N) is 1. The zero-order valence-electron chi connectivity index (χ0n) is 13.7. The van der Waals surface area contributed by atoms with Crippen molar-refractivity contribution in [3.05, 3.63) is 65.2 Å². The molecule has 0 aliphatic carbocycles. The van der Waals surface area contributed by atoms with Gasteiger partial charge in [0.05, 0.1) is 6.04 Å². The van der Waals surface area contributed by atoms with Crippen molar-refractivity contribution in [2.24, 2.45) is 0 Å². The molecule has 140 valence electrons. The number of piperazine rings is 1. The van der Waals surface area contributed by atoms with Gasteiger partial charge in [0.15, 0.2) is 11.6 Å². The van der Waals surface area contributed by atoms with Crippen LogP contribution in [0.2, 0.25) is 0 Å². The van der Waals surface area contributed by atoms with Gasteiger partial charge in [-0.25, -0.2) is 8.78 Å². The maximum Gasteiger partial charge on any atom is 0.573 e. The lowest BCUT2D eigenvalue weighted by molar-refractivity contribution is -0.274. The van der Waals surface area contributed by atoms with E-state index in [4.69, 9.17) is 0 Å². The van der Waals surface area contributed by atoms with E-state index in [1.54, 1.807) is 0 Å². The number of benzene rings is 2. The Labute approximate surface area is 147 Å². The molecule has 1 atom stereocenters. The standard InChI is InChI=1S/C18H17F5N2O/c19-15-6-3-13(11-16(15)20)17(25-9-7-24-8-10-25)12-1-4-14(5-2-12)26-18(21,22)23/h1-6,11,17,24H,7-10H2/t17-/m1/s1. The van der Waals surface area contributed by atoms with Crippen molar-refractivity contribution in [1.82, 2.24) is 10.2 Å². The molecule has 1 fully saturated rings. The van der Waals surface area contributed by atoms with Gasteiger partial charge in [0, 0.05) is 26.2 Å². The Morgan fingerprint density at radius 3 is 2.08 bits per heavy atom. The first-order valence-electron chi connectivity index (χ1n) is 8.09. The third-order valence-electron chi connectivity index (χ3n) is 4.21. The van der Waals surface area contributed by atoms with Crippen LogP contribution < -0.4 is 10.1 Å². The molecule has 1 heterocycles. The SMILES string of the molecule is Fc1ccc([C@@H](c2ccc(OC(F)(F)F)cc2)N2CCNCC2)cc1F. The number of nitrogens with zero attached hydrogens (tertiary/aromatic N) is 1. The number of ether oxygens (including phenoxy) is 1. The highest BCUT2D eigenvalue weighted by atomic mass is 19.4. The van der Waals surface area contributed by atoms with Gasteiger partial charge in [0.2, 0.25) is 0 Å². The first-order chi connectivity index (χ1) is 12.3. The van der Waals surface area contributed by atoms with Crippen molar-refractivity contribution < 1.29 is 26.7 Å². The maximum atomic E-state index is 13.7. The van der Waals surface area contributed by atoms with Gasteiger partial charge in [0.1, 0.15) is 5.75 Å². The molecule has 0 amide bonds. The molecule has 8 heteroatoms. The summed E-state index contributed by atoms with van der Waals surface area (Å²) in [4.78, 5) is 2.07. The summed E-state index contributed by atoms with van der Waals surface area (Å²) in [6.45, 7) is 2.81. The average Bonchev–Trinajstić information content (AvgIpc) is 2.59. The summed E-state index contributed by atoms with van der Waals surface area (Å²) >= 11 is 0. The Hall–Kier alpha value is -2.19. The molecule has 3 rings (SSSR count). The van der Waals surface area contributed by atoms with Gasteiger partial charge < -0.3 is 10.1 Å². The minimum Gasteiger partial charge on any atom is -0.406 e. The summed E-state index contributed by atoms with van der Waals surface area (Å²) < 4.78 is 67.9. The second-order valence-corrected chi connectivity index (χ2v) is 5.98. The van der Waals surface area contributed by atoms with Crippen LogP contribution in [0, 0.1) is 11.6 Å². The predicted molar refractivity (Wildman–Crippen MR) is 85.8 cm³/mol. The summed E-state index contributed by atoms with van der Waals surface area (Å²) in [7, 11) is 0. The summed E-state index contributed by atoms with van der Waals surface area (Å²) in [5.41, 5.74) is 1.21. The molecule has 2 aromatic rings. The number of hydrogen-bond acceptors (Lipinski definition) is 3. The summed E-state index contributed by atoms with van der Waals surface area (Å²) in [5.74, 6) is -2.23. The average molecular weight is 372 g/mol. The van der Waals surface area contributed by atoms with Crippen molar-refractivity contribution in [3.63, 3.8) is 0 Å². The molecule has 3 nitrogen and oxygen atoms in total. The van der Waals surface area contributed by atoms with Gasteiger partial charge in [0.25, 0.3) is 0 Å². The molecule has 26 heavy (non-hydrogen) atoms. The van der Waals surface area contributed by atoms with Crippen molar-refractivity contribution in [2.75, 3.05) is 26.2 Å². The molecule has 1 saturated heterocycles. The first-order valence-corrected chi connectivity index (χ1v) is 8.09. The third-order valence-corrected chi connectivity index (χ3v) is 4.21. The lowest BCUT2D eigenvalue weighted by Gasteiger charge is -2.35. The van der Waals surface area contributed by atoms with Gasteiger partial charge in [-0.15, -0.1) is 13.2 Å². The monoisotopic (exact) mass is 372 g/mol. The summed E-state index contributed by atoms with van der Waals surface area (Å²) in [5, 5.41) is 3.21. The fraction of sp³-hybridized carbons (Fsp3) is 0.333. The molecular formula is C18H17F5N2O. The van der Waals surface area contributed by atoms with Crippen LogP contribution in [0.3, 0.4) is 0 Å². The van der Waals surface area contributed by atoms with E-state index < -0.39 is 24.0 Å². The molecule has 0 spiro atoms. The van der Waals surface area contributed by atoms with Gasteiger partial charge in [-0.2, -0.15) is 0 Å². The predicted octanol–water partition coefficient (Wildman–Crippen LogP) is 3.86. The molecule has 1 aliphatic heterocycles. The quantitative estimate of drug-likeness (QED) is 0.825. The van der Waals surface area contributed by atoms with Crippen LogP contribution in [0.4, 0.5) is 22.0 Å². The minimum absolute atomic E-state index is 0.328. The second kappa shape index (κ2) is 7.59. The van der Waals surface area contributed by atoms with Crippen LogP contribution in [-0.4, -0.2) is 37.4 Å². The second-order valence-electron chi connectivity index (χ2n) is 5.98. The first kappa shape index (κ1) is 18.6. The van der Waals surface area contributed by atoms with Gasteiger partial charge in [-0.1, -0.05) is 18.2 Å². The Balaban J connectivity index is 1.93. The number of alkyl halides is 3. The highest BCUT2D eigenvalue weighted by Crippen LogP contribution is 2.32. The van der Waals surface area contributed by atoms with E-state index in [0.717, 1.165) is 25.2 Å². The highest BCUT2D eigenvalue weighted by Gasteiger charge is 2.31. The van der Waals surface area contributed by atoms with Crippen molar-refractivity contribution in [2.45, 2.75) is 12.4 Å². The van der Waals surface area contributed by atoms with Gasteiger partial charge in [-0.3, -0.25) is 4.90 Å². The Morgan fingerprint density at radius 2 is 1.50 bits per heavy atom. The lowest BCUT2D eigenvalue weighted by atomic mass is 9.96. The Morgan fingerprint density at radius 1 is 0.885 bits per heavy atom. The topological polar surface area (TPSA) is 24.5 Å². The summed E-state index contributed by atoms with van der Waals surface area (Å²) in [6, 6.07) is 8.74. The molecule has 0 aromatic heterocycles. The van der Waals surface area contributed by atoms with E-state index >= 15 is 0 Å². The Bertz CT molecular complexity index is 742. The molecular weight excluding hydrogens is 355 g/mol. The molecule has 0 bridgehead atoms. The fourth-order valence-electron chi connectivity index (χ4n) is 3.09. The van der Waals surface area contributed by atoms with Crippen molar-refractivity contribution in [3.8, 4) is 5.75 Å². The maximum absolute atomic E-state index is 13.7. The molecule has 0 radical (unpaired) electrons. The highest BCUT2D eigenvalue weighted by molar-refractivity contribution is 5.36. The molecule has 0 saturated carbocycles. The van der Waals surface area contributed by atoms with E-state index in [1.807, 2.05) is 0 Å². The van der Waals surface area contributed by atoms with Crippen LogP contribution in [-0.2, 0) is 0 Å². The van der Waals surface area contributed by atoms with E-state index in [9.17, 15) is 22.0 Å². The van der Waals surface area contributed by atoms with E-state index in [0.29, 0.717) is 24.2 Å².